The number of fused-ring (bicyclic) bond motifs is 1. The third-order valence-corrected chi connectivity index (χ3v) is 5.11. The summed E-state index contributed by atoms with van der Waals surface area (Å²) in [5.41, 5.74) is 4.13. The van der Waals surface area contributed by atoms with Crippen molar-refractivity contribution in [2.24, 2.45) is 0 Å². The van der Waals surface area contributed by atoms with Crippen molar-refractivity contribution in [1.29, 1.82) is 0 Å². The molecule has 0 spiro atoms. The summed E-state index contributed by atoms with van der Waals surface area (Å²) in [5.74, 6) is -0.764. The number of hydrogen-bond donors (Lipinski definition) is 0. The first-order valence-electron chi connectivity index (χ1n) is 9.85. The Labute approximate surface area is 179 Å². The first-order chi connectivity index (χ1) is 15.2. The Kier molecular flexibility index (Phi) is 4.69. The summed E-state index contributed by atoms with van der Waals surface area (Å²) in [6.45, 7) is 0. The van der Waals surface area contributed by atoms with Gasteiger partial charge in [-0.05, 0) is 48.0 Å². The zero-order valence-electron chi connectivity index (χ0n) is 16.5. The maximum atomic E-state index is 12.6. The minimum atomic E-state index is -0.382. The number of hydrogen-bond acceptors (Lipinski definition) is 5. The van der Waals surface area contributed by atoms with Crippen LogP contribution in [-0.2, 0) is 0 Å². The summed E-state index contributed by atoms with van der Waals surface area (Å²) < 4.78 is 0. The van der Waals surface area contributed by atoms with E-state index in [1.54, 1.807) is 6.08 Å². The Balaban J connectivity index is 1.50. The highest BCUT2D eigenvalue weighted by atomic mass is 16.2. The molecule has 0 saturated heterocycles. The van der Waals surface area contributed by atoms with Crippen LogP contribution in [0.5, 0.6) is 0 Å². The van der Waals surface area contributed by atoms with E-state index in [-0.39, 0.29) is 28.5 Å². The van der Waals surface area contributed by atoms with Crippen LogP contribution in [0.15, 0.2) is 103 Å². The molecule has 5 rings (SSSR count). The SMILES string of the molecule is O=C1C(=Cc2ccc(N(c3ccccc3)c3ccccc3)cc2)C(=O)c2nccnc21. The number of nitrogens with zero attached hydrogens (tertiary/aromatic N) is 3. The molecule has 4 aromatic rings. The molecule has 0 amide bonds. The maximum Gasteiger partial charge on any atom is 0.217 e. The molecule has 3 aromatic carbocycles. The van der Waals surface area contributed by atoms with E-state index in [1.165, 1.54) is 12.4 Å². The Morgan fingerprint density at radius 3 is 1.52 bits per heavy atom. The molecular weight excluding hydrogens is 386 g/mol. The average Bonchev–Trinajstić information content (AvgIpc) is 3.07. The lowest BCUT2D eigenvalue weighted by Crippen LogP contribution is -2.09. The highest BCUT2D eigenvalue weighted by Gasteiger charge is 2.35. The fraction of sp³-hybridized carbons (Fsp3) is 0. The molecule has 1 heterocycles. The lowest BCUT2D eigenvalue weighted by Gasteiger charge is -2.25. The van der Waals surface area contributed by atoms with Gasteiger partial charge >= 0.3 is 0 Å². The van der Waals surface area contributed by atoms with Gasteiger partial charge in [-0.3, -0.25) is 9.59 Å². The van der Waals surface area contributed by atoms with Crippen LogP contribution in [0.4, 0.5) is 17.1 Å². The quantitative estimate of drug-likeness (QED) is 0.337. The molecule has 0 atom stereocenters. The van der Waals surface area contributed by atoms with E-state index >= 15 is 0 Å². The summed E-state index contributed by atoms with van der Waals surface area (Å²) in [6, 6.07) is 27.9. The van der Waals surface area contributed by atoms with Crippen molar-refractivity contribution < 1.29 is 9.59 Å². The number of anilines is 3. The first kappa shape index (κ1) is 18.6. The van der Waals surface area contributed by atoms with Crippen LogP contribution in [0.1, 0.15) is 26.5 Å². The highest BCUT2D eigenvalue weighted by Crippen LogP contribution is 2.34. The summed E-state index contributed by atoms with van der Waals surface area (Å²) in [4.78, 5) is 35.3. The fourth-order valence-electron chi connectivity index (χ4n) is 3.65. The van der Waals surface area contributed by atoms with Gasteiger partial charge in [0, 0.05) is 29.5 Å². The van der Waals surface area contributed by atoms with E-state index in [1.807, 2.05) is 60.7 Å². The first-order valence-corrected chi connectivity index (χ1v) is 9.85. The number of benzene rings is 3. The van der Waals surface area contributed by atoms with E-state index in [0.717, 1.165) is 22.6 Å². The zero-order chi connectivity index (χ0) is 21.2. The van der Waals surface area contributed by atoms with Crippen LogP contribution in [-0.4, -0.2) is 21.5 Å². The Morgan fingerprint density at radius 1 is 0.581 bits per heavy atom. The van der Waals surface area contributed by atoms with Gasteiger partial charge in [-0.2, -0.15) is 0 Å². The normalized spacial score (nSPS) is 12.6. The van der Waals surface area contributed by atoms with Gasteiger partial charge in [0.2, 0.25) is 11.6 Å². The standard InChI is InChI=1S/C26H17N3O2/c30-25-22(26(31)24-23(25)27-15-16-28-24)17-18-11-13-21(14-12-18)29(19-7-3-1-4-8-19)20-9-5-2-6-10-20/h1-17H. The number of para-hydroxylation sites is 2. The smallest absolute Gasteiger partial charge is 0.217 e. The number of ketones is 2. The van der Waals surface area contributed by atoms with Crippen LogP contribution < -0.4 is 4.90 Å². The third kappa shape index (κ3) is 3.42. The minimum absolute atomic E-state index is 0.0944. The molecule has 5 heteroatoms. The van der Waals surface area contributed by atoms with E-state index in [2.05, 4.69) is 39.1 Å². The second-order valence-electron chi connectivity index (χ2n) is 7.07. The summed E-state index contributed by atoms with van der Waals surface area (Å²) in [6.07, 6.45) is 4.44. The van der Waals surface area contributed by atoms with E-state index < -0.39 is 0 Å². The molecule has 5 nitrogen and oxygen atoms in total. The van der Waals surface area contributed by atoms with Gasteiger partial charge in [-0.25, -0.2) is 9.97 Å². The van der Waals surface area contributed by atoms with Crippen molar-refractivity contribution in [2.45, 2.75) is 0 Å². The van der Waals surface area contributed by atoms with Crippen molar-refractivity contribution in [3.63, 3.8) is 0 Å². The van der Waals surface area contributed by atoms with Crippen LogP contribution in [0.25, 0.3) is 6.08 Å². The van der Waals surface area contributed by atoms with Crippen molar-refractivity contribution >= 4 is 34.7 Å². The van der Waals surface area contributed by atoms with Crippen LogP contribution >= 0.6 is 0 Å². The monoisotopic (exact) mass is 403 g/mol. The molecule has 0 unspecified atom stereocenters. The number of carbonyl (C=O) groups excluding carboxylic acids is 2. The van der Waals surface area contributed by atoms with Crippen LogP contribution in [0, 0.1) is 0 Å². The molecule has 0 N–H and O–H groups in total. The minimum Gasteiger partial charge on any atom is -0.311 e. The molecule has 31 heavy (non-hydrogen) atoms. The molecule has 0 bridgehead atoms. The lowest BCUT2D eigenvalue weighted by atomic mass is 10.1. The van der Waals surface area contributed by atoms with Crippen molar-refractivity contribution in [2.75, 3.05) is 4.90 Å². The molecule has 0 radical (unpaired) electrons. The topological polar surface area (TPSA) is 63.2 Å². The molecule has 0 fully saturated rings. The van der Waals surface area contributed by atoms with Gasteiger partial charge in [-0.1, -0.05) is 48.5 Å². The van der Waals surface area contributed by atoms with E-state index in [9.17, 15) is 9.59 Å². The molecule has 0 aliphatic heterocycles. The molecule has 0 saturated carbocycles. The molecule has 1 aromatic heterocycles. The Morgan fingerprint density at radius 2 is 1.03 bits per heavy atom. The fourth-order valence-corrected chi connectivity index (χ4v) is 3.65. The lowest BCUT2D eigenvalue weighted by molar-refractivity contribution is 0.0988. The molecule has 1 aliphatic carbocycles. The summed E-state index contributed by atoms with van der Waals surface area (Å²) in [5, 5.41) is 0. The largest absolute Gasteiger partial charge is 0.311 e. The van der Waals surface area contributed by atoms with Gasteiger partial charge in [0.15, 0.2) is 0 Å². The Hall–Kier alpha value is -4.38. The average molecular weight is 403 g/mol. The van der Waals surface area contributed by atoms with E-state index in [0.29, 0.717) is 0 Å². The van der Waals surface area contributed by atoms with Crippen molar-refractivity contribution in [3.05, 3.63) is 120 Å². The number of aromatic nitrogens is 2. The number of allylic oxidation sites excluding steroid dienone is 1. The van der Waals surface area contributed by atoms with Crippen molar-refractivity contribution in [1.82, 2.24) is 9.97 Å². The number of Topliss-reactive ketones (excluding diaryl/α,β-unsaturated/α-hetero) is 2. The van der Waals surface area contributed by atoms with E-state index in [4.69, 9.17) is 0 Å². The molecule has 1 aliphatic rings. The molecular formula is C26H17N3O2. The zero-order valence-corrected chi connectivity index (χ0v) is 16.5. The number of carbonyl (C=O) groups is 2. The predicted octanol–water partition coefficient (Wildman–Crippen LogP) is 5.41. The van der Waals surface area contributed by atoms with Gasteiger partial charge in [0.1, 0.15) is 11.4 Å². The van der Waals surface area contributed by atoms with Crippen LogP contribution in [0.3, 0.4) is 0 Å². The number of rotatable bonds is 4. The highest BCUT2D eigenvalue weighted by molar-refractivity contribution is 6.40. The van der Waals surface area contributed by atoms with Gasteiger partial charge in [0.05, 0.1) is 5.57 Å². The van der Waals surface area contributed by atoms with Crippen LogP contribution in [0.2, 0.25) is 0 Å². The third-order valence-electron chi connectivity index (χ3n) is 5.11. The molecule has 148 valence electrons. The van der Waals surface area contributed by atoms with Gasteiger partial charge in [0.25, 0.3) is 0 Å². The Bertz CT molecular complexity index is 1220. The van der Waals surface area contributed by atoms with Crippen molar-refractivity contribution in [3.8, 4) is 0 Å². The maximum absolute atomic E-state index is 12.6. The summed E-state index contributed by atoms with van der Waals surface area (Å²) >= 11 is 0. The van der Waals surface area contributed by atoms with Gasteiger partial charge < -0.3 is 4.90 Å². The predicted molar refractivity (Wildman–Crippen MR) is 120 cm³/mol. The second kappa shape index (κ2) is 7.80. The summed E-state index contributed by atoms with van der Waals surface area (Å²) in [7, 11) is 0. The second-order valence-corrected chi connectivity index (χ2v) is 7.07. The van der Waals surface area contributed by atoms with Gasteiger partial charge in [-0.15, -0.1) is 0 Å².